The Morgan fingerprint density at radius 1 is 1.38 bits per heavy atom. The second kappa shape index (κ2) is 5.74. The van der Waals surface area contributed by atoms with Gasteiger partial charge in [0.25, 0.3) is 11.5 Å². The molecule has 7 heteroatoms. The second-order valence-corrected chi connectivity index (χ2v) is 4.83. The molecular formula is C14H15N3O4. The van der Waals surface area contributed by atoms with Crippen molar-refractivity contribution in [3.05, 3.63) is 46.5 Å². The Bertz CT molecular complexity index is 751. The van der Waals surface area contributed by atoms with Crippen LogP contribution in [0.5, 0.6) is 0 Å². The highest BCUT2D eigenvalue weighted by atomic mass is 16.4. The minimum Gasteiger partial charge on any atom is -0.480 e. The van der Waals surface area contributed by atoms with Crippen molar-refractivity contribution in [3.8, 4) is 0 Å². The van der Waals surface area contributed by atoms with Crippen LogP contribution in [0.15, 0.2) is 35.4 Å². The zero-order valence-electron chi connectivity index (χ0n) is 11.7. The average molecular weight is 289 g/mol. The molecule has 21 heavy (non-hydrogen) atoms. The molecule has 0 saturated carbocycles. The Balaban J connectivity index is 2.49. The molecule has 0 aromatic carbocycles. The molecule has 0 atom stereocenters. The fourth-order valence-corrected chi connectivity index (χ4v) is 1.96. The number of aliphatic carboxylic acids is 1. The van der Waals surface area contributed by atoms with Gasteiger partial charge in [0, 0.05) is 18.4 Å². The first-order valence-electron chi connectivity index (χ1n) is 6.41. The van der Waals surface area contributed by atoms with Gasteiger partial charge in [0.1, 0.15) is 17.8 Å². The maximum Gasteiger partial charge on any atom is 0.323 e. The summed E-state index contributed by atoms with van der Waals surface area (Å²) in [5.74, 6) is -1.77. The molecule has 0 unspecified atom stereocenters. The third-order valence-corrected chi connectivity index (χ3v) is 3.03. The number of rotatable bonds is 4. The van der Waals surface area contributed by atoms with Gasteiger partial charge in [0.15, 0.2) is 0 Å². The number of carbonyl (C=O) groups excluding carboxylic acids is 1. The molecule has 0 fully saturated rings. The third kappa shape index (κ3) is 2.91. The van der Waals surface area contributed by atoms with Crippen LogP contribution in [0, 0.1) is 0 Å². The van der Waals surface area contributed by atoms with Gasteiger partial charge in [-0.2, -0.15) is 0 Å². The molecule has 1 amide bonds. The molecule has 0 aliphatic rings. The number of carbonyl (C=O) groups is 2. The number of pyridine rings is 1. The van der Waals surface area contributed by atoms with Gasteiger partial charge in [-0.1, -0.05) is 6.07 Å². The van der Waals surface area contributed by atoms with Crippen molar-refractivity contribution in [1.29, 1.82) is 0 Å². The van der Waals surface area contributed by atoms with Crippen LogP contribution in [0.2, 0.25) is 0 Å². The second-order valence-electron chi connectivity index (χ2n) is 4.83. The van der Waals surface area contributed by atoms with Crippen LogP contribution >= 0.6 is 0 Å². The SMILES string of the molecule is CC(C)N(CC(=O)O)C(=O)c1cnc2ccccn2c1=O. The Labute approximate surface area is 120 Å². The standard InChI is InChI=1S/C14H15N3O4/c1-9(2)17(8-12(18)19)14(21)10-7-15-11-5-3-4-6-16(11)13(10)20/h3-7,9H,8H2,1-2H3,(H,18,19). The summed E-state index contributed by atoms with van der Waals surface area (Å²) in [5, 5.41) is 8.88. The molecule has 110 valence electrons. The van der Waals surface area contributed by atoms with Gasteiger partial charge in [0.05, 0.1) is 0 Å². The molecule has 0 aliphatic heterocycles. The highest BCUT2D eigenvalue weighted by Crippen LogP contribution is 2.06. The van der Waals surface area contributed by atoms with Gasteiger partial charge >= 0.3 is 5.97 Å². The fourth-order valence-electron chi connectivity index (χ4n) is 1.96. The van der Waals surface area contributed by atoms with E-state index in [0.717, 1.165) is 4.90 Å². The topological polar surface area (TPSA) is 92.0 Å². The Morgan fingerprint density at radius 3 is 2.71 bits per heavy atom. The van der Waals surface area contributed by atoms with Crippen molar-refractivity contribution in [2.24, 2.45) is 0 Å². The van der Waals surface area contributed by atoms with Crippen molar-refractivity contribution in [2.75, 3.05) is 6.54 Å². The van der Waals surface area contributed by atoms with Crippen LogP contribution < -0.4 is 5.56 Å². The van der Waals surface area contributed by atoms with Crippen molar-refractivity contribution in [2.45, 2.75) is 19.9 Å². The van der Waals surface area contributed by atoms with E-state index in [-0.39, 0.29) is 11.6 Å². The fraction of sp³-hybridized carbons (Fsp3) is 0.286. The van der Waals surface area contributed by atoms with Gasteiger partial charge in [-0.15, -0.1) is 0 Å². The Kier molecular flexibility index (Phi) is 4.02. The van der Waals surface area contributed by atoms with E-state index in [1.807, 2.05) is 0 Å². The van der Waals surface area contributed by atoms with E-state index in [9.17, 15) is 14.4 Å². The summed E-state index contributed by atoms with van der Waals surface area (Å²) in [7, 11) is 0. The first kappa shape index (κ1) is 14.7. The number of carboxylic acid groups (broad SMARTS) is 1. The molecule has 0 spiro atoms. The predicted octanol–water partition coefficient (Wildman–Crippen LogP) is 0.630. The molecule has 0 aliphatic carbocycles. The average Bonchev–Trinajstić information content (AvgIpc) is 2.44. The molecule has 1 N–H and O–H groups in total. The van der Waals surface area contributed by atoms with E-state index in [2.05, 4.69) is 4.98 Å². The van der Waals surface area contributed by atoms with Crippen LogP contribution in [0.25, 0.3) is 5.65 Å². The van der Waals surface area contributed by atoms with E-state index in [1.54, 1.807) is 32.0 Å². The van der Waals surface area contributed by atoms with E-state index in [4.69, 9.17) is 5.11 Å². The minimum absolute atomic E-state index is 0.145. The number of carboxylic acids is 1. The van der Waals surface area contributed by atoms with Gasteiger partial charge in [-0.05, 0) is 26.0 Å². The summed E-state index contributed by atoms with van der Waals surface area (Å²) in [6.45, 7) is 2.91. The molecule has 2 rings (SSSR count). The number of aromatic nitrogens is 2. The van der Waals surface area contributed by atoms with Crippen molar-refractivity contribution in [1.82, 2.24) is 14.3 Å². The summed E-state index contributed by atoms with van der Waals surface area (Å²) in [4.78, 5) is 40.7. The number of amides is 1. The first-order chi connectivity index (χ1) is 9.91. The number of fused-ring (bicyclic) bond motifs is 1. The van der Waals surface area contributed by atoms with Gasteiger partial charge in [-0.25, -0.2) is 4.98 Å². The van der Waals surface area contributed by atoms with Gasteiger partial charge in [0.2, 0.25) is 0 Å². The quantitative estimate of drug-likeness (QED) is 0.891. The normalized spacial score (nSPS) is 10.8. The van der Waals surface area contributed by atoms with Crippen LogP contribution in [-0.4, -0.2) is 43.9 Å². The maximum atomic E-state index is 12.4. The summed E-state index contributed by atoms with van der Waals surface area (Å²) in [6.07, 6.45) is 2.70. The van der Waals surface area contributed by atoms with E-state index < -0.39 is 24.0 Å². The minimum atomic E-state index is -1.13. The monoisotopic (exact) mass is 289 g/mol. The molecule has 0 radical (unpaired) electrons. The lowest BCUT2D eigenvalue weighted by Gasteiger charge is -2.24. The maximum absolute atomic E-state index is 12.4. The molecule has 7 nitrogen and oxygen atoms in total. The Morgan fingerprint density at radius 2 is 2.10 bits per heavy atom. The summed E-state index contributed by atoms with van der Waals surface area (Å²) >= 11 is 0. The number of hydrogen-bond donors (Lipinski definition) is 1. The lowest BCUT2D eigenvalue weighted by Crippen LogP contribution is -2.43. The van der Waals surface area contributed by atoms with Crippen LogP contribution in [-0.2, 0) is 4.79 Å². The zero-order chi connectivity index (χ0) is 15.6. The summed E-state index contributed by atoms with van der Waals surface area (Å²) in [6, 6.07) is 4.69. The van der Waals surface area contributed by atoms with Crippen LogP contribution in [0.1, 0.15) is 24.2 Å². The molecule has 0 saturated heterocycles. The summed E-state index contributed by atoms with van der Waals surface area (Å²) in [5.41, 5.74) is -0.233. The van der Waals surface area contributed by atoms with Crippen molar-refractivity contribution < 1.29 is 14.7 Å². The number of hydrogen-bond acceptors (Lipinski definition) is 4. The van der Waals surface area contributed by atoms with E-state index in [0.29, 0.717) is 5.65 Å². The van der Waals surface area contributed by atoms with E-state index in [1.165, 1.54) is 16.8 Å². The predicted molar refractivity (Wildman–Crippen MR) is 75.3 cm³/mol. The zero-order valence-corrected chi connectivity index (χ0v) is 11.7. The van der Waals surface area contributed by atoms with Crippen molar-refractivity contribution >= 4 is 17.5 Å². The molecule has 2 aromatic rings. The molecular weight excluding hydrogens is 274 g/mol. The van der Waals surface area contributed by atoms with Crippen LogP contribution in [0.3, 0.4) is 0 Å². The van der Waals surface area contributed by atoms with Gasteiger partial charge < -0.3 is 10.0 Å². The molecule has 0 bridgehead atoms. The van der Waals surface area contributed by atoms with Gasteiger partial charge in [-0.3, -0.25) is 18.8 Å². The Hall–Kier alpha value is -2.70. The lowest BCUT2D eigenvalue weighted by atomic mass is 10.2. The van der Waals surface area contributed by atoms with Crippen LogP contribution in [0.4, 0.5) is 0 Å². The first-order valence-corrected chi connectivity index (χ1v) is 6.41. The largest absolute Gasteiger partial charge is 0.480 e. The third-order valence-electron chi connectivity index (χ3n) is 3.03. The number of nitrogens with zero attached hydrogens (tertiary/aromatic N) is 3. The van der Waals surface area contributed by atoms with Crippen molar-refractivity contribution in [3.63, 3.8) is 0 Å². The lowest BCUT2D eigenvalue weighted by molar-refractivity contribution is -0.138. The molecule has 2 aromatic heterocycles. The highest BCUT2D eigenvalue weighted by Gasteiger charge is 2.24. The van der Waals surface area contributed by atoms with E-state index >= 15 is 0 Å². The summed E-state index contributed by atoms with van der Waals surface area (Å²) < 4.78 is 1.26. The smallest absolute Gasteiger partial charge is 0.323 e. The highest BCUT2D eigenvalue weighted by molar-refractivity contribution is 5.95. The molecule has 2 heterocycles.